The van der Waals surface area contributed by atoms with Gasteiger partial charge >= 0.3 is 5.97 Å². The molecule has 0 fully saturated rings. The Bertz CT molecular complexity index is 616. The summed E-state index contributed by atoms with van der Waals surface area (Å²) in [6, 6.07) is 14.6. The zero-order valence-corrected chi connectivity index (χ0v) is 12.5. The van der Waals surface area contributed by atoms with E-state index in [1.807, 2.05) is 36.4 Å². The van der Waals surface area contributed by atoms with Crippen molar-refractivity contribution in [2.75, 3.05) is 18.6 Å². The molecule has 0 spiro atoms. The van der Waals surface area contributed by atoms with Gasteiger partial charge < -0.3 is 15.6 Å². The van der Waals surface area contributed by atoms with E-state index in [1.165, 1.54) is 11.8 Å². The van der Waals surface area contributed by atoms with Crippen molar-refractivity contribution in [1.82, 2.24) is 0 Å². The first-order valence-corrected chi connectivity index (χ1v) is 7.44. The Labute approximate surface area is 127 Å². The van der Waals surface area contributed by atoms with E-state index in [0.717, 1.165) is 10.5 Å². The summed E-state index contributed by atoms with van der Waals surface area (Å²) in [4.78, 5) is 12.3. The highest BCUT2D eigenvalue weighted by Gasteiger charge is 2.20. The molecule has 0 saturated heterocycles. The summed E-state index contributed by atoms with van der Waals surface area (Å²) >= 11 is 1.45. The van der Waals surface area contributed by atoms with Crippen LogP contribution in [0, 0.1) is 0 Å². The van der Waals surface area contributed by atoms with Gasteiger partial charge in [0.2, 0.25) is 0 Å². The van der Waals surface area contributed by atoms with E-state index in [4.69, 9.17) is 10.5 Å². The summed E-state index contributed by atoms with van der Waals surface area (Å²) in [7, 11) is 1.57. The number of nitrogen functional groups attached to an aromatic ring is 1. The molecule has 0 aliphatic carbocycles. The fourth-order valence-corrected chi connectivity index (χ4v) is 3.10. The number of thioether (sulfide) groups is 1. The van der Waals surface area contributed by atoms with E-state index in [1.54, 1.807) is 19.2 Å². The molecule has 0 amide bonds. The smallest absolute Gasteiger partial charge is 0.311 e. The lowest BCUT2D eigenvalue weighted by Crippen LogP contribution is -2.14. The first-order chi connectivity index (χ1) is 10.1. The van der Waals surface area contributed by atoms with Crippen LogP contribution in [0.25, 0.3) is 0 Å². The minimum absolute atomic E-state index is 0.430. The number of aliphatic carboxylic acids is 1. The SMILES string of the molecule is COc1cc(N)ccc1SCC(C(=O)O)c1ccccc1. The molecule has 0 aliphatic heterocycles. The van der Waals surface area contributed by atoms with Crippen LogP contribution in [-0.4, -0.2) is 23.9 Å². The normalized spacial score (nSPS) is 11.9. The van der Waals surface area contributed by atoms with E-state index >= 15 is 0 Å². The van der Waals surface area contributed by atoms with Gasteiger partial charge in [0.25, 0.3) is 0 Å². The summed E-state index contributed by atoms with van der Waals surface area (Å²) in [5, 5.41) is 9.41. The quantitative estimate of drug-likeness (QED) is 0.633. The van der Waals surface area contributed by atoms with Crippen LogP contribution < -0.4 is 10.5 Å². The number of anilines is 1. The molecule has 0 aromatic heterocycles. The molecule has 0 bridgehead atoms. The minimum atomic E-state index is -0.830. The van der Waals surface area contributed by atoms with Gasteiger partial charge in [0, 0.05) is 22.4 Å². The van der Waals surface area contributed by atoms with Gasteiger partial charge in [-0.25, -0.2) is 0 Å². The number of rotatable bonds is 6. The highest BCUT2D eigenvalue weighted by Crippen LogP contribution is 2.34. The van der Waals surface area contributed by atoms with Crippen molar-refractivity contribution in [2.45, 2.75) is 10.8 Å². The van der Waals surface area contributed by atoms with Gasteiger partial charge in [0.15, 0.2) is 0 Å². The van der Waals surface area contributed by atoms with Gasteiger partial charge in [-0.1, -0.05) is 30.3 Å². The molecule has 3 N–H and O–H groups in total. The van der Waals surface area contributed by atoms with Gasteiger partial charge in [-0.05, 0) is 17.7 Å². The molecule has 2 rings (SSSR count). The number of carbonyl (C=O) groups is 1. The van der Waals surface area contributed by atoms with E-state index in [0.29, 0.717) is 17.2 Å². The van der Waals surface area contributed by atoms with Crippen LogP contribution in [0.4, 0.5) is 5.69 Å². The fraction of sp³-hybridized carbons (Fsp3) is 0.188. The molecule has 0 heterocycles. The molecular weight excluding hydrogens is 286 g/mol. The summed E-state index contributed by atoms with van der Waals surface area (Å²) in [6.07, 6.45) is 0. The lowest BCUT2D eigenvalue weighted by atomic mass is 10.0. The van der Waals surface area contributed by atoms with Crippen molar-refractivity contribution >= 4 is 23.4 Å². The first kappa shape index (κ1) is 15.3. The fourth-order valence-electron chi connectivity index (χ4n) is 1.97. The van der Waals surface area contributed by atoms with Crippen molar-refractivity contribution in [3.63, 3.8) is 0 Å². The van der Waals surface area contributed by atoms with E-state index in [-0.39, 0.29) is 0 Å². The highest BCUT2D eigenvalue weighted by atomic mass is 32.2. The summed E-state index contributed by atoms with van der Waals surface area (Å²) in [5.41, 5.74) is 7.13. The van der Waals surface area contributed by atoms with Crippen molar-refractivity contribution in [3.8, 4) is 5.75 Å². The maximum Gasteiger partial charge on any atom is 0.311 e. The first-order valence-electron chi connectivity index (χ1n) is 6.46. The molecule has 2 aromatic carbocycles. The second-order valence-corrected chi connectivity index (χ2v) is 5.58. The minimum Gasteiger partial charge on any atom is -0.496 e. The molecule has 5 heteroatoms. The van der Waals surface area contributed by atoms with Gasteiger partial charge in [-0.3, -0.25) is 4.79 Å². The number of carboxylic acid groups (broad SMARTS) is 1. The maximum atomic E-state index is 11.5. The molecule has 21 heavy (non-hydrogen) atoms. The van der Waals surface area contributed by atoms with Crippen LogP contribution in [0.15, 0.2) is 53.4 Å². The Hall–Kier alpha value is -2.14. The van der Waals surface area contributed by atoms with E-state index < -0.39 is 11.9 Å². The van der Waals surface area contributed by atoms with Crippen LogP contribution in [0.5, 0.6) is 5.75 Å². The predicted molar refractivity (Wildman–Crippen MR) is 84.9 cm³/mol. The molecule has 4 nitrogen and oxygen atoms in total. The second kappa shape index (κ2) is 7.04. The lowest BCUT2D eigenvalue weighted by molar-refractivity contribution is -0.138. The Morgan fingerprint density at radius 1 is 1.29 bits per heavy atom. The number of nitrogens with two attached hydrogens (primary N) is 1. The van der Waals surface area contributed by atoms with Crippen LogP contribution in [0.3, 0.4) is 0 Å². The third-order valence-electron chi connectivity index (χ3n) is 3.09. The third-order valence-corrected chi connectivity index (χ3v) is 4.24. The number of hydrogen-bond acceptors (Lipinski definition) is 4. The zero-order valence-electron chi connectivity index (χ0n) is 11.7. The second-order valence-electron chi connectivity index (χ2n) is 4.52. The van der Waals surface area contributed by atoms with Crippen LogP contribution in [0.2, 0.25) is 0 Å². The van der Waals surface area contributed by atoms with Crippen molar-refractivity contribution < 1.29 is 14.6 Å². The standard InChI is InChI=1S/C16H17NO3S/c1-20-14-9-12(17)7-8-15(14)21-10-13(16(18)19)11-5-3-2-4-6-11/h2-9,13H,10,17H2,1H3,(H,18,19). The molecule has 0 radical (unpaired) electrons. The van der Waals surface area contributed by atoms with Gasteiger partial charge in [-0.15, -0.1) is 11.8 Å². The van der Waals surface area contributed by atoms with E-state index in [2.05, 4.69) is 0 Å². The average Bonchev–Trinajstić information content (AvgIpc) is 2.49. The van der Waals surface area contributed by atoms with Crippen molar-refractivity contribution in [2.24, 2.45) is 0 Å². The number of hydrogen-bond donors (Lipinski definition) is 2. The van der Waals surface area contributed by atoms with Gasteiger partial charge in [0.1, 0.15) is 5.75 Å². The molecule has 1 atom stereocenters. The van der Waals surface area contributed by atoms with E-state index in [9.17, 15) is 9.90 Å². The molecule has 110 valence electrons. The average molecular weight is 303 g/mol. The number of benzene rings is 2. The van der Waals surface area contributed by atoms with Crippen LogP contribution in [-0.2, 0) is 4.79 Å². The number of methoxy groups -OCH3 is 1. The zero-order chi connectivity index (χ0) is 15.2. The van der Waals surface area contributed by atoms with Crippen molar-refractivity contribution in [1.29, 1.82) is 0 Å². The molecular formula is C16H17NO3S. The molecule has 0 saturated carbocycles. The van der Waals surface area contributed by atoms with Crippen molar-refractivity contribution in [3.05, 3.63) is 54.1 Å². The Kier molecular flexibility index (Phi) is 5.11. The topological polar surface area (TPSA) is 72.5 Å². The summed E-state index contributed by atoms with van der Waals surface area (Å²) in [5.74, 6) is -0.293. The van der Waals surface area contributed by atoms with Gasteiger partial charge in [0.05, 0.1) is 13.0 Å². The number of carboxylic acids is 1. The molecule has 2 aromatic rings. The predicted octanol–water partition coefficient (Wildman–Crippen LogP) is 3.24. The number of ether oxygens (including phenoxy) is 1. The Morgan fingerprint density at radius 3 is 2.62 bits per heavy atom. The Morgan fingerprint density at radius 2 is 2.00 bits per heavy atom. The maximum absolute atomic E-state index is 11.5. The lowest BCUT2D eigenvalue weighted by Gasteiger charge is -2.14. The summed E-state index contributed by atoms with van der Waals surface area (Å²) < 4.78 is 5.28. The molecule has 1 unspecified atom stereocenters. The monoisotopic (exact) mass is 303 g/mol. The summed E-state index contributed by atoms with van der Waals surface area (Å²) in [6.45, 7) is 0. The van der Waals surface area contributed by atoms with Crippen LogP contribution in [0.1, 0.15) is 11.5 Å². The van der Waals surface area contributed by atoms with Gasteiger partial charge in [-0.2, -0.15) is 0 Å². The Balaban J connectivity index is 2.15. The molecule has 0 aliphatic rings. The largest absolute Gasteiger partial charge is 0.496 e. The third kappa shape index (κ3) is 3.92. The van der Waals surface area contributed by atoms with Crippen LogP contribution >= 0.6 is 11.8 Å². The highest BCUT2D eigenvalue weighted by molar-refractivity contribution is 7.99.